The van der Waals surface area contributed by atoms with Crippen LogP contribution in [-0.4, -0.2) is 42.8 Å². The van der Waals surface area contributed by atoms with Crippen molar-refractivity contribution in [3.63, 3.8) is 0 Å². The van der Waals surface area contributed by atoms with Crippen molar-refractivity contribution in [2.75, 3.05) is 16.3 Å². The van der Waals surface area contributed by atoms with Gasteiger partial charge in [0.2, 0.25) is 0 Å². The van der Waals surface area contributed by atoms with Crippen LogP contribution in [0.15, 0.2) is 48.8 Å². The van der Waals surface area contributed by atoms with Crippen LogP contribution in [0.1, 0.15) is 68.2 Å². The summed E-state index contributed by atoms with van der Waals surface area (Å²) in [7, 11) is 1.67. The van der Waals surface area contributed by atoms with Gasteiger partial charge in [0.25, 0.3) is 5.95 Å². The van der Waals surface area contributed by atoms with Gasteiger partial charge in [0, 0.05) is 37.7 Å². The summed E-state index contributed by atoms with van der Waals surface area (Å²) in [6.45, 7) is 6.63. The number of hydrogen-bond acceptors (Lipinski definition) is 7. The Hall–Kier alpha value is -4.48. The van der Waals surface area contributed by atoms with Crippen LogP contribution in [0.25, 0.3) is 0 Å². The maximum atomic E-state index is 14.2. The van der Waals surface area contributed by atoms with E-state index in [1.807, 2.05) is 23.6 Å². The molecule has 0 saturated heterocycles. The predicted octanol–water partition coefficient (Wildman–Crippen LogP) is 5.80. The number of halogens is 3. The molecule has 0 fully saturated rings. The van der Waals surface area contributed by atoms with E-state index in [1.54, 1.807) is 19.3 Å². The zero-order valence-electron chi connectivity index (χ0n) is 23.9. The molecule has 2 aromatic carbocycles. The molecule has 9 nitrogen and oxygen atoms in total. The fraction of sp³-hybridized carbons (Fsp3) is 0.367. The summed E-state index contributed by atoms with van der Waals surface area (Å²) in [5, 5.41) is 22.3. The zero-order valence-corrected chi connectivity index (χ0v) is 23.9. The molecule has 0 spiro atoms. The molecule has 4 aromatic rings. The van der Waals surface area contributed by atoms with E-state index in [1.165, 1.54) is 30.0 Å². The van der Waals surface area contributed by atoms with E-state index in [9.17, 15) is 23.1 Å². The van der Waals surface area contributed by atoms with Gasteiger partial charge in [0.05, 0.1) is 24.2 Å². The Bertz CT molecular complexity index is 1600. The van der Waals surface area contributed by atoms with E-state index in [0.29, 0.717) is 43.1 Å². The van der Waals surface area contributed by atoms with Crippen molar-refractivity contribution < 1.29 is 23.1 Å². The minimum atomic E-state index is -4.54. The van der Waals surface area contributed by atoms with Gasteiger partial charge in [-0.25, -0.2) is 4.79 Å². The van der Waals surface area contributed by atoms with Crippen LogP contribution < -0.4 is 9.80 Å². The number of pyridine rings is 1. The lowest BCUT2D eigenvalue weighted by atomic mass is 9.94. The van der Waals surface area contributed by atoms with E-state index >= 15 is 0 Å². The summed E-state index contributed by atoms with van der Waals surface area (Å²) in [6, 6.07) is 10.3. The first-order chi connectivity index (χ1) is 19.9. The fourth-order valence-electron chi connectivity index (χ4n) is 5.78. The molecule has 0 amide bonds. The first-order valence-corrected chi connectivity index (χ1v) is 13.6. The number of anilines is 2. The number of carbonyl (C=O) groups is 1. The van der Waals surface area contributed by atoms with E-state index in [2.05, 4.69) is 38.6 Å². The third-order valence-corrected chi connectivity index (χ3v) is 7.46. The van der Waals surface area contributed by atoms with Crippen molar-refractivity contribution in [3.8, 4) is 0 Å². The van der Waals surface area contributed by atoms with Gasteiger partial charge in [-0.3, -0.25) is 4.98 Å². The van der Waals surface area contributed by atoms with E-state index in [0.717, 1.165) is 22.3 Å². The number of hydrogen-bond donors (Lipinski definition) is 1. The highest BCUT2D eigenvalue weighted by Gasteiger charge is 2.37. The molecule has 3 heterocycles. The molecule has 2 aromatic heterocycles. The van der Waals surface area contributed by atoms with Crippen molar-refractivity contribution in [1.29, 1.82) is 0 Å². The molecule has 1 N–H and O–H groups in total. The smallest absolute Gasteiger partial charge is 0.416 e. The Labute approximate surface area is 241 Å². The van der Waals surface area contributed by atoms with Gasteiger partial charge in [-0.2, -0.15) is 18.0 Å². The molecule has 12 heteroatoms. The average Bonchev–Trinajstić information content (AvgIpc) is 3.26. The molecule has 42 heavy (non-hydrogen) atoms. The molecule has 220 valence electrons. The maximum absolute atomic E-state index is 14.2. The Morgan fingerprint density at radius 1 is 1.05 bits per heavy atom. The standard InChI is InChI=1S/C30H32F3N7O2/c1-18-8-19(2)10-21(9-18)17-40(29-35-37-38(4)36-29)26-6-5-7-39(16-22-12-23(28(41)42)15-34-14-22)27-13-25(30(31,32)33)20(3)11-24(26)27/h8-15,26H,5-7,16-17H2,1-4H3,(H,41,42)/t26-/m0/s1. The second-order valence-electron chi connectivity index (χ2n) is 10.9. The van der Waals surface area contributed by atoms with Crippen LogP contribution in [0.2, 0.25) is 0 Å². The number of carboxylic acids is 1. The first kappa shape index (κ1) is 29.0. The van der Waals surface area contributed by atoms with Crippen molar-refractivity contribution in [2.24, 2.45) is 7.05 Å². The molecule has 1 aliphatic rings. The molecule has 0 radical (unpaired) electrons. The zero-order chi connectivity index (χ0) is 30.2. The van der Waals surface area contributed by atoms with Gasteiger partial charge in [0.15, 0.2) is 0 Å². The number of tetrazole rings is 1. The van der Waals surface area contributed by atoms with Crippen LogP contribution in [-0.2, 0) is 26.3 Å². The summed E-state index contributed by atoms with van der Waals surface area (Å²) in [4.78, 5) is 20.8. The van der Waals surface area contributed by atoms with Gasteiger partial charge in [0.1, 0.15) is 0 Å². The van der Waals surface area contributed by atoms with Crippen LogP contribution in [0.3, 0.4) is 0 Å². The van der Waals surface area contributed by atoms with Crippen molar-refractivity contribution in [2.45, 2.75) is 58.9 Å². The van der Waals surface area contributed by atoms with Gasteiger partial charge in [-0.05, 0) is 73.2 Å². The highest BCUT2D eigenvalue weighted by molar-refractivity contribution is 5.87. The summed E-state index contributed by atoms with van der Waals surface area (Å²) >= 11 is 0. The average molecular weight is 580 g/mol. The third-order valence-electron chi connectivity index (χ3n) is 7.46. The number of aromatic nitrogens is 5. The largest absolute Gasteiger partial charge is 0.478 e. The second kappa shape index (κ2) is 11.4. The number of fused-ring (bicyclic) bond motifs is 1. The lowest BCUT2D eigenvalue weighted by molar-refractivity contribution is -0.138. The second-order valence-corrected chi connectivity index (χ2v) is 10.9. The van der Waals surface area contributed by atoms with Gasteiger partial charge in [-0.15, -0.1) is 5.10 Å². The van der Waals surface area contributed by atoms with Crippen LogP contribution in [0.4, 0.5) is 24.8 Å². The molecule has 1 aliphatic heterocycles. The van der Waals surface area contributed by atoms with Crippen LogP contribution in [0.5, 0.6) is 0 Å². The number of alkyl halides is 3. The SMILES string of the molecule is Cc1cc(C)cc(CN(c2nnn(C)n2)[C@H]2CCCN(Cc3cncc(C(=O)O)c3)c3cc(C(F)(F)F)c(C)cc32)c1. The predicted molar refractivity (Wildman–Crippen MR) is 151 cm³/mol. The van der Waals surface area contributed by atoms with E-state index < -0.39 is 17.7 Å². The topological polar surface area (TPSA) is 100 Å². The highest BCUT2D eigenvalue weighted by atomic mass is 19.4. The van der Waals surface area contributed by atoms with E-state index in [4.69, 9.17) is 0 Å². The molecule has 0 unspecified atom stereocenters. The molecular weight excluding hydrogens is 547 g/mol. The highest BCUT2D eigenvalue weighted by Crippen LogP contribution is 2.43. The molecule has 1 atom stereocenters. The van der Waals surface area contributed by atoms with Crippen LogP contribution in [0, 0.1) is 20.8 Å². The minimum Gasteiger partial charge on any atom is -0.478 e. The maximum Gasteiger partial charge on any atom is 0.416 e. The van der Waals surface area contributed by atoms with Gasteiger partial charge < -0.3 is 14.9 Å². The van der Waals surface area contributed by atoms with Crippen molar-refractivity contribution >= 4 is 17.6 Å². The van der Waals surface area contributed by atoms with Crippen molar-refractivity contribution in [3.05, 3.63) is 93.3 Å². The number of nitrogens with zero attached hydrogens (tertiary/aromatic N) is 7. The van der Waals surface area contributed by atoms with E-state index in [-0.39, 0.29) is 23.7 Å². The number of benzene rings is 2. The summed E-state index contributed by atoms with van der Waals surface area (Å²) in [5.41, 5.74) is 4.43. The first-order valence-electron chi connectivity index (χ1n) is 13.6. The number of aromatic carboxylic acids is 1. The number of carboxylic acid groups (broad SMARTS) is 1. The monoisotopic (exact) mass is 579 g/mol. The lowest BCUT2D eigenvalue weighted by Crippen LogP contribution is -2.30. The summed E-state index contributed by atoms with van der Waals surface area (Å²) in [5.74, 6) is -0.730. The Morgan fingerprint density at radius 2 is 1.79 bits per heavy atom. The Balaban J connectivity index is 1.64. The Kier molecular flexibility index (Phi) is 7.89. The third kappa shape index (κ3) is 6.22. The fourth-order valence-corrected chi connectivity index (χ4v) is 5.78. The number of aryl methyl sites for hydroxylation is 4. The lowest BCUT2D eigenvalue weighted by Gasteiger charge is -2.33. The van der Waals surface area contributed by atoms with Crippen molar-refractivity contribution in [1.82, 2.24) is 25.2 Å². The van der Waals surface area contributed by atoms with Crippen LogP contribution >= 0.6 is 0 Å². The Morgan fingerprint density at radius 3 is 2.43 bits per heavy atom. The number of rotatable bonds is 7. The molecule has 0 saturated carbocycles. The molecule has 0 aliphatic carbocycles. The molecular formula is C30H32F3N7O2. The van der Waals surface area contributed by atoms with Gasteiger partial charge >= 0.3 is 12.1 Å². The molecule has 0 bridgehead atoms. The minimum absolute atomic E-state index is 0.0219. The quantitative estimate of drug-likeness (QED) is 0.294. The summed E-state index contributed by atoms with van der Waals surface area (Å²) < 4.78 is 42.5. The van der Waals surface area contributed by atoms with Gasteiger partial charge in [-0.1, -0.05) is 40.5 Å². The normalized spacial score (nSPS) is 15.3. The molecule has 5 rings (SSSR count). The summed E-state index contributed by atoms with van der Waals surface area (Å²) in [6.07, 6.45) is -0.450.